The molecule has 0 saturated carbocycles. The second-order valence-electron chi connectivity index (χ2n) is 13.7. The Morgan fingerprint density at radius 3 is 1.57 bits per heavy atom. The third-order valence-electron chi connectivity index (χ3n) is 10.4. The zero-order chi connectivity index (χ0) is 36.6. The van der Waals surface area contributed by atoms with Crippen LogP contribution < -0.4 is 0 Å². The van der Waals surface area contributed by atoms with Crippen molar-refractivity contribution in [3.8, 4) is 33.6 Å². The fourth-order valence-corrected chi connectivity index (χ4v) is 8.22. The zero-order valence-electron chi connectivity index (χ0n) is 29.3. The van der Waals surface area contributed by atoms with Gasteiger partial charge in [-0.25, -0.2) is 4.85 Å². The maximum Gasteiger partial charge on any atom is 0.417 e. The fourth-order valence-electron chi connectivity index (χ4n) is 8.22. The van der Waals surface area contributed by atoms with Crippen molar-refractivity contribution in [2.24, 2.45) is 0 Å². The summed E-state index contributed by atoms with van der Waals surface area (Å²) in [5, 5.41) is 4.19. The molecule has 0 saturated heterocycles. The highest BCUT2D eigenvalue weighted by atomic mass is 19.4. The third kappa shape index (κ3) is 4.96. The minimum Gasteiger partial charge on any atom is -0.310 e. The van der Waals surface area contributed by atoms with E-state index in [4.69, 9.17) is 6.57 Å². The molecule has 9 aromatic rings. The van der Waals surface area contributed by atoms with E-state index in [0.29, 0.717) is 39.3 Å². The van der Waals surface area contributed by atoms with Crippen molar-refractivity contribution in [3.05, 3.63) is 173 Å². The van der Waals surface area contributed by atoms with Crippen molar-refractivity contribution in [2.75, 3.05) is 0 Å². The summed E-state index contributed by atoms with van der Waals surface area (Å²) in [7, 11) is 0. The van der Waals surface area contributed by atoms with Crippen LogP contribution in [0.1, 0.15) is 22.3 Å². The van der Waals surface area contributed by atoms with Crippen LogP contribution in [0.5, 0.6) is 0 Å². The van der Waals surface area contributed by atoms with Crippen LogP contribution in [0.4, 0.5) is 18.9 Å². The first kappa shape index (κ1) is 32.3. The SMILES string of the molecule is [C-]#[N+]c1cccc(-n2c3ccccc3c3cc(C)ccc32)c1-c1c(-c2c(C)cccc2C(F)(F)F)cccc1-n1c2ccccc2c2cc(C)ccc21. The van der Waals surface area contributed by atoms with Crippen LogP contribution in [0.15, 0.2) is 140 Å². The molecule has 7 aromatic carbocycles. The number of aryl methyl sites for hydroxylation is 3. The normalized spacial score (nSPS) is 11.9. The number of halogens is 3. The molecule has 0 fully saturated rings. The average Bonchev–Trinajstić information content (AvgIpc) is 3.65. The maximum absolute atomic E-state index is 15.0. The molecule has 53 heavy (non-hydrogen) atoms. The highest BCUT2D eigenvalue weighted by Crippen LogP contribution is 2.50. The van der Waals surface area contributed by atoms with Crippen LogP contribution in [-0.4, -0.2) is 9.13 Å². The molecule has 6 heteroatoms. The summed E-state index contributed by atoms with van der Waals surface area (Å²) in [4.78, 5) is 4.08. The minimum absolute atomic E-state index is 0.0945. The minimum atomic E-state index is -4.62. The van der Waals surface area contributed by atoms with E-state index in [1.54, 1.807) is 25.1 Å². The molecular weight excluding hydrogens is 664 g/mol. The van der Waals surface area contributed by atoms with Gasteiger partial charge in [-0.2, -0.15) is 13.2 Å². The molecule has 9 rings (SSSR count). The monoisotopic (exact) mass is 695 g/mol. The molecule has 0 N–H and O–H groups in total. The Morgan fingerprint density at radius 1 is 0.491 bits per heavy atom. The molecule has 0 bridgehead atoms. The van der Waals surface area contributed by atoms with E-state index in [1.807, 2.05) is 54.6 Å². The van der Waals surface area contributed by atoms with Gasteiger partial charge in [0.1, 0.15) is 0 Å². The number of rotatable bonds is 4. The van der Waals surface area contributed by atoms with E-state index in [9.17, 15) is 0 Å². The molecule has 0 aliphatic carbocycles. The Hall–Kier alpha value is -6.58. The van der Waals surface area contributed by atoms with Crippen LogP contribution >= 0.6 is 0 Å². The van der Waals surface area contributed by atoms with Gasteiger partial charge >= 0.3 is 6.18 Å². The molecule has 0 radical (unpaired) electrons. The molecule has 2 heterocycles. The molecule has 0 spiro atoms. The van der Waals surface area contributed by atoms with Gasteiger partial charge in [0, 0.05) is 38.4 Å². The van der Waals surface area contributed by atoms with Crippen molar-refractivity contribution < 1.29 is 13.2 Å². The van der Waals surface area contributed by atoms with Gasteiger partial charge in [-0.1, -0.05) is 96.1 Å². The Bertz CT molecular complexity index is 2990. The first-order valence-corrected chi connectivity index (χ1v) is 17.5. The van der Waals surface area contributed by atoms with E-state index in [-0.39, 0.29) is 5.56 Å². The number of hydrogen-bond acceptors (Lipinski definition) is 0. The maximum atomic E-state index is 15.0. The van der Waals surface area contributed by atoms with Crippen molar-refractivity contribution in [2.45, 2.75) is 26.9 Å². The van der Waals surface area contributed by atoms with Crippen LogP contribution in [0, 0.1) is 27.3 Å². The van der Waals surface area contributed by atoms with E-state index in [2.05, 4.69) is 82.4 Å². The molecule has 0 unspecified atom stereocenters. The van der Waals surface area contributed by atoms with Crippen molar-refractivity contribution >= 4 is 49.3 Å². The highest BCUT2D eigenvalue weighted by Gasteiger charge is 2.36. The molecular formula is C47H32F3N3. The molecule has 2 aromatic heterocycles. The third-order valence-corrected chi connectivity index (χ3v) is 10.4. The van der Waals surface area contributed by atoms with Gasteiger partial charge in [-0.05, 0) is 92.1 Å². The summed E-state index contributed by atoms with van der Waals surface area (Å²) < 4.78 is 49.5. The van der Waals surface area contributed by atoms with Gasteiger partial charge in [0.25, 0.3) is 0 Å². The lowest BCUT2D eigenvalue weighted by Crippen LogP contribution is -2.10. The van der Waals surface area contributed by atoms with Crippen molar-refractivity contribution in [1.29, 1.82) is 0 Å². The summed E-state index contributed by atoms with van der Waals surface area (Å²) in [6, 6.07) is 44.4. The number of alkyl halides is 3. The first-order valence-electron chi connectivity index (χ1n) is 17.5. The lowest BCUT2D eigenvalue weighted by atomic mass is 9.86. The topological polar surface area (TPSA) is 14.2 Å². The summed E-state index contributed by atoms with van der Waals surface area (Å²) in [6.45, 7) is 14.4. The van der Waals surface area contributed by atoms with Crippen LogP contribution in [0.2, 0.25) is 0 Å². The fraction of sp³-hybridized carbons (Fsp3) is 0.0851. The van der Waals surface area contributed by atoms with Crippen LogP contribution in [-0.2, 0) is 6.18 Å². The van der Waals surface area contributed by atoms with Gasteiger partial charge in [0.15, 0.2) is 5.69 Å². The second kappa shape index (κ2) is 12.0. The predicted octanol–water partition coefficient (Wildman–Crippen LogP) is 13.7. The summed E-state index contributed by atoms with van der Waals surface area (Å²) in [5.41, 5.74) is 9.05. The molecule has 0 amide bonds. The van der Waals surface area contributed by atoms with E-state index >= 15 is 13.2 Å². The van der Waals surface area contributed by atoms with E-state index in [1.165, 1.54) is 6.07 Å². The smallest absolute Gasteiger partial charge is 0.310 e. The lowest BCUT2D eigenvalue weighted by Gasteiger charge is -2.25. The summed E-state index contributed by atoms with van der Waals surface area (Å²) in [5.74, 6) is 0. The molecule has 256 valence electrons. The number of hydrogen-bond donors (Lipinski definition) is 0. The number of aromatic nitrogens is 2. The van der Waals surface area contributed by atoms with Gasteiger partial charge in [-0.15, -0.1) is 0 Å². The van der Waals surface area contributed by atoms with Gasteiger partial charge in [-0.3, -0.25) is 0 Å². The number of para-hydroxylation sites is 2. The van der Waals surface area contributed by atoms with E-state index < -0.39 is 11.7 Å². The Kier molecular flexibility index (Phi) is 7.32. The Labute approximate surface area is 304 Å². The van der Waals surface area contributed by atoms with Crippen LogP contribution in [0.3, 0.4) is 0 Å². The molecule has 0 aliphatic rings. The number of fused-ring (bicyclic) bond motifs is 6. The standard InChI is InChI=1S/C47H32F3N3/c1-28-22-24-40-34(26-28)31-13-5-7-18-38(31)52(40)42-20-10-15-33(44-30(3)12-9-16-36(44)47(48,49)50)45(42)46-37(51-4)17-11-21-43(46)53-39-19-8-6-14-32(39)35-27-29(2)23-25-41(35)53/h5-27H,1-3H3. The second-order valence-corrected chi connectivity index (χ2v) is 13.7. The van der Waals surface area contributed by atoms with Gasteiger partial charge < -0.3 is 9.13 Å². The Balaban J connectivity index is 1.52. The zero-order valence-corrected chi connectivity index (χ0v) is 29.3. The summed E-state index contributed by atoms with van der Waals surface area (Å²) >= 11 is 0. The quantitative estimate of drug-likeness (QED) is 0.163. The first-order chi connectivity index (χ1) is 25.7. The number of nitrogens with zero attached hydrogens (tertiary/aromatic N) is 3. The predicted molar refractivity (Wildman–Crippen MR) is 211 cm³/mol. The van der Waals surface area contributed by atoms with Crippen molar-refractivity contribution in [1.82, 2.24) is 9.13 Å². The van der Waals surface area contributed by atoms with E-state index in [0.717, 1.165) is 60.8 Å². The summed E-state index contributed by atoms with van der Waals surface area (Å²) in [6.07, 6.45) is -4.62. The van der Waals surface area contributed by atoms with Crippen molar-refractivity contribution in [3.63, 3.8) is 0 Å². The highest BCUT2D eigenvalue weighted by molar-refractivity contribution is 6.13. The lowest BCUT2D eigenvalue weighted by molar-refractivity contribution is -0.137. The molecule has 3 nitrogen and oxygen atoms in total. The van der Waals surface area contributed by atoms with Gasteiger partial charge in [0.05, 0.1) is 39.9 Å². The molecule has 0 aliphatic heterocycles. The van der Waals surface area contributed by atoms with Crippen LogP contribution in [0.25, 0.3) is 82.1 Å². The van der Waals surface area contributed by atoms with Gasteiger partial charge in [0.2, 0.25) is 0 Å². The average molecular weight is 696 g/mol. The molecule has 0 atom stereocenters. The largest absolute Gasteiger partial charge is 0.417 e. The number of benzene rings is 7. The Morgan fingerprint density at radius 2 is 1.00 bits per heavy atom.